The zero-order valence-electron chi connectivity index (χ0n) is 20.1. The zero-order chi connectivity index (χ0) is 25.6. The molecular weight excluding hydrogens is 480 g/mol. The first-order valence-electron chi connectivity index (χ1n) is 10.8. The first kappa shape index (κ1) is 26.8. The predicted molar refractivity (Wildman–Crippen MR) is 130 cm³/mol. The first-order chi connectivity index (χ1) is 16.6. The van der Waals surface area contributed by atoms with Gasteiger partial charge in [0.25, 0.3) is 5.91 Å². The summed E-state index contributed by atoms with van der Waals surface area (Å²) in [5, 5.41) is 2.83. The molecule has 9 nitrogen and oxygen atoms in total. The summed E-state index contributed by atoms with van der Waals surface area (Å²) in [7, 11) is 3.04. The van der Waals surface area contributed by atoms with Crippen LogP contribution in [0.5, 0.6) is 5.88 Å². The third-order valence-corrected chi connectivity index (χ3v) is 6.42. The minimum Gasteiger partial charge on any atom is -0.476 e. The highest BCUT2D eigenvalue weighted by atomic mass is 32.2. The lowest BCUT2D eigenvalue weighted by atomic mass is 9.90. The molecule has 35 heavy (non-hydrogen) atoms. The highest BCUT2D eigenvalue weighted by Gasteiger charge is 2.34. The summed E-state index contributed by atoms with van der Waals surface area (Å²) in [6.45, 7) is 5.69. The molecule has 0 aliphatic carbocycles. The summed E-state index contributed by atoms with van der Waals surface area (Å²) in [6.07, 6.45) is 2.66. The Labute approximate surface area is 206 Å². The number of aromatic nitrogens is 2. The van der Waals surface area contributed by atoms with Crippen molar-refractivity contribution in [2.24, 2.45) is 16.1 Å². The van der Waals surface area contributed by atoms with Crippen LogP contribution in [0, 0.1) is 17.0 Å². The summed E-state index contributed by atoms with van der Waals surface area (Å²) in [6, 6.07) is 2.28. The van der Waals surface area contributed by atoms with Gasteiger partial charge in [0, 0.05) is 36.1 Å². The van der Waals surface area contributed by atoms with Gasteiger partial charge in [-0.2, -0.15) is 0 Å². The van der Waals surface area contributed by atoms with Crippen molar-refractivity contribution in [2.75, 3.05) is 45.9 Å². The molecule has 0 bridgehead atoms. The first-order valence-corrected chi connectivity index (χ1v) is 11.6. The van der Waals surface area contributed by atoms with Gasteiger partial charge in [-0.25, -0.2) is 18.7 Å². The molecule has 1 aliphatic heterocycles. The maximum Gasteiger partial charge on any atom is 0.275 e. The number of hydrogen-bond donors (Lipinski definition) is 2. The van der Waals surface area contributed by atoms with Gasteiger partial charge in [0.15, 0.2) is 16.8 Å². The Kier molecular flexibility index (Phi) is 8.62. The topological polar surface area (TPSA) is 121 Å². The van der Waals surface area contributed by atoms with E-state index in [1.165, 1.54) is 44.4 Å². The maximum atomic E-state index is 14.6. The molecule has 0 unspecified atom stereocenters. The van der Waals surface area contributed by atoms with Gasteiger partial charge < -0.3 is 25.3 Å². The fraction of sp³-hybridized carbons (Fsp3) is 0.478. The van der Waals surface area contributed by atoms with Crippen LogP contribution in [0.2, 0.25) is 0 Å². The second-order valence-electron chi connectivity index (χ2n) is 8.94. The van der Waals surface area contributed by atoms with Crippen LogP contribution in [-0.4, -0.2) is 66.4 Å². The van der Waals surface area contributed by atoms with Crippen LogP contribution in [0.25, 0.3) is 0 Å². The summed E-state index contributed by atoms with van der Waals surface area (Å²) in [4.78, 5) is 24.7. The number of methoxy groups -OCH3 is 1. The molecule has 2 heterocycles. The lowest BCUT2D eigenvalue weighted by Gasteiger charge is -2.37. The molecule has 12 heteroatoms. The number of rotatable bonds is 10. The lowest BCUT2D eigenvalue weighted by molar-refractivity contribution is -0.120. The highest BCUT2D eigenvalue weighted by Crippen LogP contribution is 2.32. The molecule has 0 saturated carbocycles. The van der Waals surface area contributed by atoms with Crippen LogP contribution >= 0.6 is 11.8 Å². The number of amidine groups is 1. The van der Waals surface area contributed by atoms with E-state index in [-0.39, 0.29) is 46.4 Å². The molecule has 1 atom stereocenters. The van der Waals surface area contributed by atoms with E-state index in [9.17, 15) is 13.6 Å². The smallest absolute Gasteiger partial charge is 0.275 e. The number of carbonyl (C=O) groups is 1. The van der Waals surface area contributed by atoms with Crippen molar-refractivity contribution in [3.63, 3.8) is 0 Å². The van der Waals surface area contributed by atoms with Gasteiger partial charge in [0.1, 0.15) is 5.69 Å². The van der Waals surface area contributed by atoms with Crippen LogP contribution in [0.3, 0.4) is 0 Å². The quantitative estimate of drug-likeness (QED) is 0.370. The van der Waals surface area contributed by atoms with Gasteiger partial charge in [-0.3, -0.25) is 9.79 Å². The van der Waals surface area contributed by atoms with Crippen molar-refractivity contribution in [2.45, 2.75) is 25.0 Å². The third kappa shape index (κ3) is 7.09. The van der Waals surface area contributed by atoms with Crippen LogP contribution in [-0.2, 0) is 15.9 Å². The number of nitrogens with one attached hydrogen (secondary N) is 1. The SMILES string of the molecule is C/N=C(/N)S[C@@](C)(COC)Cc1cc(NC(=O)c2cnc(OCC3(C)COC3)cn2)cc(F)c1F. The lowest BCUT2D eigenvalue weighted by Crippen LogP contribution is -2.44. The number of benzene rings is 1. The van der Waals surface area contributed by atoms with Crippen molar-refractivity contribution in [3.05, 3.63) is 47.4 Å². The highest BCUT2D eigenvalue weighted by molar-refractivity contribution is 8.15. The molecule has 1 aromatic carbocycles. The van der Waals surface area contributed by atoms with Crippen molar-refractivity contribution in [3.8, 4) is 5.88 Å². The molecule has 3 N–H and O–H groups in total. The normalized spacial score (nSPS) is 16.8. The Bertz CT molecular complexity index is 1080. The van der Waals surface area contributed by atoms with Crippen LogP contribution in [0.4, 0.5) is 14.5 Å². The van der Waals surface area contributed by atoms with Crippen molar-refractivity contribution >= 4 is 28.5 Å². The van der Waals surface area contributed by atoms with E-state index in [1.807, 2.05) is 6.92 Å². The Morgan fingerprint density at radius 1 is 1.34 bits per heavy atom. The minimum atomic E-state index is -1.09. The average Bonchev–Trinajstić information content (AvgIpc) is 2.79. The summed E-state index contributed by atoms with van der Waals surface area (Å²) >= 11 is 1.20. The predicted octanol–water partition coefficient (Wildman–Crippen LogP) is 3.05. The summed E-state index contributed by atoms with van der Waals surface area (Å²) < 4.78 is 44.3. The second-order valence-corrected chi connectivity index (χ2v) is 10.5. The van der Waals surface area contributed by atoms with E-state index < -0.39 is 22.3 Å². The van der Waals surface area contributed by atoms with E-state index in [2.05, 4.69) is 20.3 Å². The number of carbonyl (C=O) groups excluding carboxylic acids is 1. The van der Waals surface area contributed by atoms with E-state index >= 15 is 0 Å². The number of anilines is 1. The van der Waals surface area contributed by atoms with E-state index in [0.29, 0.717) is 19.8 Å². The van der Waals surface area contributed by atoms with E-state index in [4.69, 9.17) is 19.9 Å². The standard InChI is InChI=1S/C23H29F2N5O4S/c1-22(10-33-11-22)12-34-18-9-28-17(8-29-18)20(31)30-15-5-14(19(25)16(24)6-15)7-23(2,13-32-4)35-21(26)27-3/h5-6,8-9H,7,10-13H2,1-4H3,(H2,26,27)(H,30,31)/t23-/m1/s1. The van der Waals surface area contributed by atoms with Gasteiger partial charge in [-0.15, -0.1) is 0 Å². The Morgan fingerprint density at radius 3 is 2.66 bits per heavy atom. The van der Waals surface area contributed by atoms with Crippen LogP contribution < -0.4 is 15.8 Å². The van der Waals surface area contributed by atoms with Gasteiger partial charge in [0.05, 0.1) is 38.8 Å². The second kappa shape index (κ2) is 11.3. The Hall–Kier alpha value is -2.83. The molecule has 1 aliphatic rings. The molecule has 1 fully saturated rings. The number of amides is 1. The number of aliphatic imine (C=N–C) groups is 1. The van der Waals surface area contributed by atoms with Gasteiger partial charge in [0.2, 0.25) is 5.88 Å². The number of thioether (sulfide) groups is 1. The van der Waals surface area contributed by atoms with Gasteiger partial charge in [-0.05, 0) is 25.0 Å². The molecule has 1 saturated heterocycles. The van der Waals surface area contributed by atoms with Crippen molar-refractivity contribution in [1.82, 2.24) is 9.97 Å². The van der Waals surface area contributed by atoms with Gasteiger partial charge >= 0.3 is 0 Å². The van der Waals surface area contributed by atoms with E-state index in [0.717, 1.165) is 6.07 Å². The fourth-order valence-electron chi connectivity index (χ4n) is 3.45. The minimum absolute atomic E-state index is 0.00599. The largest absolute Gasteiger partial charge is 0.476 e. The molecule has 1 amide bonds. The van der Waals surface area contributed by atoms with Crippen molar-refractivity contribution < 1.29 is 27.8 Å². The molecule has 3 rings (SSSR count). The van der Waals surface area contributed by atoms with Crippen LogP contribution in [0.15, 0.2) is 29.5 Å². The van der Waals surface area contributed by atoms with Crippen LogP contribution in [0.1, 0.15) is 29.9 Å². The van der Waals surface area contributed by atoms with Gasteiger partial charge in [-0.1, -0.05) is 18.7 Å². The summed E-state index contributed by atoms with van der Waals surface area (Å²) in [5.41, 5.74) is 5.90. The fourth-order valence-corrected chi connectivity index (χ4v) is 4.46. The number of nitrogens with two attached hydrogens (primary N) is 1. The maximum absolute atomic E-state index is 14.6. The Morgan fingerprint density at radius 2 is 2.09 bits per heavy atom. The molecule has 0 spiro atoms. The van der Waals surface area contributed by atoms with Crippen molar-refractivity contribution in [1.29, 1.82) is 0 Å². The molecular formula is C23H29F2N5O4S. The molecule has 2 aromatic rings. The third-order valence-electron chi connectivity index (χ3n) is 5.28. The summed E-state index contributed by atoms with van der Waals surface area (Å²) in [5.74, 6) is -2.46. The number of nitrogens with zero attached hydrogens (tertiary/aromatic N) is 3. The van der Waals surface area contributed by atoms with E-state index in [1.54, 1.807) is 6.92 Å². The zero-order valence-corrected chi connectivity index (χ0v) is 20.9. The molecule has 190 valence electrons. The monoisotopic (exact) mass is 509 g/mol. The number of hydrogen-bond acceptors (Lipinski definition) is 8. The Balaban J connectivity index is 1.71. The number of halogens is 2. The average molecular weight is 510 g/mol. The molecule has 0 radical (unpaired) electrons. The number of ether oxygens (including phenoxy) is 3. The molecule has 1 aromatic heterocycles.